The van der Waals surface area contributed by atoms with Crippen LogP contribution in [-0.4, -0.2) is 24.7 Å². The third-order valence-electron chi connectivity index (χ3n) is 0.328. The number of rotatable bonds is 2. The molecule has 0 fully saturated rings. The number of aliphatic carboxylic acids is 1. The van der Waals surface area contributed by atoms with E-state index >= 15 is 0 Å². The molecule has 0 saturated heterocycles. The van der Waals surface area contributed by atoms with E-state index in [2.05, 4.69) is 5.32 Å². The second kappa shape index (κ2) is 10.9. The van der Waals surface area contributed by atoms with E-state index in [-0.39, 0.29) is 62.6 Å². The van der Waals surface area contributed by atoms with Gasteiger partial charge in [-0.05, 0) is 7.05 Å². The molecule has 0 bridgehead atoms. The Morgan fingerprint density at radius 1 is 1.75 bits per heavy atom. The van der Waals surface area contributed by atoms with Crippen molar-refractivity contribution < 1.29 is 66.0 Å². The normalized spacial score (nSPS) is 6.12. The van der Waals surface area contributed by atoms with Gasteiger partial charge < -0.3 is 15.1 Å². The van der Waals surface area contributed by atoms with Crippen LogP contribution in [0.2, 0.25) is 0 Å². The van der Waals surface area contributed by atoms with Crippen LogP contribution in [0.25, 0.3) is 0 Å². The van der Waals surface area contributed by atoms with Gasteiger partial charge >= 0.3 is 57.4 Å². The summed E-state index contributed by atoms with van der Waals surface area (Å²) in [7, 11) is 1.59. The van der Waals surface area contributed by atoms with Gasteiger partial charge in [0.2, 0.25) is 0 Å². The Balaban J connectivity index is -0.000000125. The first-order valence-corrected chi connectivity index (χ1v) is 1.63. The number of hydrogen-bond acceptors (Lipinski definition) is 2. The van der Waals surface area contributed by atoms with E-state index in [1.165, 1.54) is 0 Å². The van der Waals surface area contributed by atoms with Crippen molar-refractivity contribution in [3.05, 3.63) is 0 Å². The van der Waals surface area contributed by atoms with Gasteiger partial charge in [0.05, 0.1) is 6.54 Å². The predicted molar refractivity (Wildman–Crippen MR) is 21.6 cm³/mol. The summed E-state index contributed by atoms with van der Waals surface area (Å²) in [5.41, 5.74) is 0. The van der Waals surface area contributed by atoms with Crippen molar-refractivity contribution in [2.24, 2.45) is 0 Å². The van der Waals surface area contributed by atoms with Crippen LogP contribution in [0.15, 0.2) is 0 Å². The fourth-order valence-electron chi connectivity index (χ4n) is 0.151. The van der Waals surface area contributed by atoms with Crippen molar-refractivity contribution in [1.82, 2.24) is 5.32 Å². The monoisotopic (exact) mass is 147 g/mol. The van der Waals surface area contributed by atoms with E-state index in [0.717, 1.165) is 0 Å². The molecule has 8 heavy (non-hydrogen) atoms. The molecule has 0 saturated carbocycles. The first-order valence-electron chi connectivity index (χ1n) is 1.63. The maximum absolute atomic E-state index is 9.54. The van der Waals surface area contributed by atoms with Gasteiger partial charge in [-0.2, -0.15) is 0 Å². The zero-order chi connectivity index (χ0) is 4.99. The fourth-order valence-corrected chi connectivity index (χ4v) is 0.151. The van der Waals surface area contributed by atoms with E-state index in [9.17, 15) is 4.79 Å². The Morgan fingerprint density at radius 3 is 2.12 bits per heavy atom. The van der Waals surface area contributed by atoms with Crippen LogP contribution < -0.4 is 61.4 Å². The second-order valence-corrected chi connectivity index (χ2v) is 0.924. The van der Waals surface area contributed by atoms with Gasteiger partial charge in [0.1, 0.15) is 0 Å². The maximum atomic E-state index is 9.54. The molecule has 0 aliphatic rings. The van der Waals surface area contributed by atoms with E-state index in [1.807, 2.05) is 0 Å². The minimum absolute atomic E-state index is 0. The third-order valence-corrected chi connectivity index (χ3v) is 0.328. The SMILES string of the molecule is CNCC(=O)O.[F-].[K+]. The number of nitrogens with one attached hydrogen (secondary N) is 1. The van der Waals surface area contributed by atoms with Gasteiger partial charge in [-0.15, -0.1) is 0 Å². The molecular formula is C3H7FKNO2. The smallest absolute Gasteiger partial charge is 1.00 e. The minimum Gasteiger partial charge on any atom is -1.00 e. The Morgan fingerprint density at radius 2 is 2.12 bits per heavy atom. The van der Waals surface area contributed by atoms with E-state index in [1.54, 1.807) is 7.05 Å². The first-order chi connectivity index (χ1) is 2.77. The van der Waals surface area contributed by atoms with Crippen LogP contribution in [0.1, 0.15) is 0 Å². The standard InChI is InChI=1S/C3H7NO2.FH.K/c1-4-2-3(5)6;;/h4H,2H2,1H3,(H,5,6);1H;/q;;+1/p-1. The van der Waals surface area contributed by atoms with Gasteiger partial charge in [0.25, 0.3) is 0 Å². The molecule has 0 aromatic heterocycles. The van der Waals surface area contributed by atoms with Crippen molar-refractivity contribution in [3.63, 3.8) is 0 Å². The topological polar surface area (TPSA) is 49.3 Å². The molecular weight excluding hydrogens is 140 g/mol. The zero-order valence-electron chi connectivity index (χ0n) is 4.94. The summed E-state index contributed by atoms with van der Waals surface area (Å²) >= 11 is 0. The zero-order valence-corrected chi connectivity index (χ0v) is 8.06. The van der Waals surface area contributed by atoms with Crippen molar-refractivity contribution >= 4 is 5.97 Å². The fraction of sp³-hybridized carbons (Fsp3) is 0.667. The first kappa shape index (κ1) is 16.0. The molecule has 0 unspecified atom stereocenters. The van der Waals surface area contributed by atoms with Crippen LogP contribution in [0.3, 0.4) is 0 Å². The molecule has 0 aromatic carbocycles. The predicted octanol–water partition coefficient (Wildman–Crippen LogP) is -6.70. The van der Waals surface area contributed by atoms with E-state index < -0.39 is 5.97 Å². The van der Waals surface area contributed by atoms with Gasteiger partial charge in [0, 0.05) is 0 Å². The summed E-state index contributed by atoms with van der Waals surface area (Å²) in [4.78, 5) is 9.54. The number of hydrogen-bond donors (Lipinski definition) is 2. The molecule has 0 aromatic rings. The van der Waals surface area contributed by atoms with Crippen molar-refractivity contribution in [1.29, 1.82) is 0 Å². The Labute approximate surface area is 89.6 Å². The Hall–Kier alpha value is 0.996. The summed E-state index contributed by atoms with van der Waals surface area (Å²) in [5.74, 6) is -0.822. The van der Waals surface area contributed by atoms with Crippen LogP contribution in [0, 0.1) is 0 Å². The quantitative estimate of drug-likeness (QED) is 0.382. The average molecular weight is 147 g/mol. The molecule has 0 aliphatic heterocycles. The Bertz CT molecular complexity index is 61.2. The summed E-state index contributed by atoms with van der Waals surface area (Å²) in [6.45, 7) is 0.0417. The molecule has 44 valence electrons. The largest absolute Gasteiger partial charge is 1.00 e. The van der Waals surface area contributed by atoms with Crippen LogP contribution in [0.5, 0.6) is 0 Å². The molecule has 2 N–H and O–H groups in total. The summed E-state index contributed by atoms with van der Waals surface area (Å²) in [6.07, 6.45) is 0. The van der Waals surface area contributed by atoms with Gasteiger partial charge in [0.15, 0.2) is 0 Å². The number of carboxylic acid groups (broad SMARTS) is 1. The van der Waals surface area contributed by atoms with Gasteiger partial charge in [-0.25, -0.2) is 0 Å². The molecule has 3 nitrogen and oxygen atoms in total. The molecule has 0 spiro atoms. The minimum atomic E-state index is -0.822. The number of carbonyl (C=O) groups is 1. The van der Waals surface area contributed by atoms with Crippen LogP contribution in [0.4, 0.5) is 0 Å². The molecule has 0 radical (unpaired) electrons. The van der Waals surface area contributed by atoms with Crippen LogP contribution in [-0.2, 0) is 4.79 Å². The summed E-state index contributed by atoms with van der Waals surface area (Å²) < 4.78 is 0. The van der Waals surface area contributed by atoms with E-state index in [0.29, 0.717) is 0 Å². The average Bonchev–Trinajstić information content (AvgIpc) is 1.35. The van der Waals surface area contributed by atoms with Gasteiger partial charge in [-0.1, -0.05) is 0 Å². The maximum Gasteiger partial charge on any atom is 1.00 e. The molecule has 5 heteroatoms. The number of carboxylic acids is 1. The van der Waals surface area contributed by atoms with Crippen molar-refractivity contribution in [2.75, 3.05) is 13.6 Å². The summed E-state index contributed by atoms with van der Waals surface area (Å²) in [5, 5.41) is 10.3. The van der Waals surface area contributed by atoms with E-state index in [4.69, 9.17) is 5.11 Å². The number of likely N-dealkylation sites (N-methyl/N-ethyl adjacent to an activating group) is 1. The third kappa shape index (κ3) is 15.8. The molecule has 0 amide bonds. The number of halogens is 1. The van der Waals surface area contributed by atoms with Crippen molar-refractivity contribution in [3.8, 4) is 0 Å². The molecule has 0 heterocycles. The molecule has 0 rings (SSSR count). The summed E-state index contributed by atoms with van der Waals surface area (Å²) in [6, 6.07) is 0. The molecule has 0 atom stereocenters. The molecule has 0 aliphatic carbocycles. The second-order valence-electron chi connectivity index (χ2n) is 0.924. The Kier molecular flexibility index (Phi) is 21.8. The van der Waals surface area contributed by atoms with Crippen LogP contribution >= 0.6 is 0 Å². The van der Waals surface area contributed by atoms with Gasteiger partial charge in [-0.3, -0.25) is 4.79 Å². The van der Waals surface area contributed by atoms with Crippen molar-refractivity contribution in [2.45, 2.75) is 0 Å².